The number of carbonyl (C=O) groups is 1. The highest BCUT2D eigenvalue weighted by Gasteiger charge is 2.33. The monoisotopic (exact) mass is 255 g/mol. The van der Waals surface area contributed by atoms with Gasteiger partial charge in [0.15, 0.2) is 0 Å². The van der Waals surface area contributed by atoms with E-state index in [0.717, 1.165) is 5.92 Å². The minimum absolute atomic E-state index is 0.270. The minimum Gasteiger partial charge on any atom is -0.383 e. The molecular weight excluding hydrogens is 226 g/mol. The molecule has 0 radical (unpaired) electrons. The third-order valence-electron chi connectivity index (χ3n) is 4.29. The van der Waals surface area contributed by atoms with Crippen LogP contribution >= 0.6 is 0 Å². The molecule has 0 heterocycles. The van der Waals surface area contributed by atoms with Crippen molar-refractivity contribution >= 4 is 5.91 Å². The number of rotatable bonds is 5. The molecule has 0 saturated heterocycles. The van der Waals surface area contributed by atoms with Gasteiger partial charge in [-0.15, -0.1) is 0 Å². The smallest absolute Gasteiger partial charge is 0.222 e. The minimum atomic E-state index is 0.270. The van der Waals surface area contributed by atoms with E-state index in [9.17, 15) is 4.79 Å². The molecule has 0 bridgehead atoms. The maximum atomic E-state index is 12.0. The highest BCUT2D eigenvalue weighted by atomic mass is 16.5. The number of amides is 1. The second kappa shape index (κ2) is 6.55. The van der Waals surface area contributed by atoms with Crippen LogP contribution in [0.25, 0.3) is 0 Å². The van der Waals surface area contributed by atoms with Crippen LogP contribution in [0.5, 0.6) is 0 Å². The lowest BCUT2D eigenvalue weighted by atomic mass is 9.79. The molecule has 0 aromatic carbocycles. The highest BCUT2D eigenvalue weighted by molar-refractivity contribution is 5.76. The van der Waals surface area contributed by atoms with Gasteiger partial charge in [0.1, 0.15) is 0 Å². The van der Waals surface area contributed by atoms with E-state index >= 15 is 0 Å². The van der Waals surface area contributed by atoms with Crippen molar-refractivity contribution in [3.8, 4) is 0 Å². The lowest BCUT2D eigenvalue weighted by Gasteiger charge is -2.27. The topological polar surface area (TPSA) is 29.5 Å². The van der Waals surface area contributed by atoms with Crippen LogP contribution in [0.4, 0.5) is 0 Å². The maximum Gasteiger partial charge on any atom is 0.222 e. The summed E-state index contributed by atoms with van der Waals surface area (Å²) in [5, 5.41) is 0. The largest absolute Gasteiger partial charge is 0.383 e. The van der Waals surface area contributed by atoms with Gasteiger partial charge in [-0.3, -0.25) is 4.79 Å². The Morgan fingerprint density at radius 3 is 2.50 bits per heavy atom. The van der Waals surface area contributed by atoms with E-state index in [1.165, 1.54) is 19.3 Å². The number of hydrogen-bond acceptors (Lipinski definition) is 2. The molecule has 3 nitrogen and oxygen atoms in total. The molecule has 1 aliphatic carbocycles. The van der Waals surface area contributed by atoms with Crippen LogP contribution in [0.1, 0.15) is 46.5 Å². The Morgan fingerprint density at radius 1 is 1.33 bits per heavy atom. The first-order chi connectivity index (χ1) is 8.34. The van der Waals surface area contributed by atoms with Crippen LogP contribution in [-0.2, 0) is 9.53 Å². The Kier molecular flexibility index (Phi) is 5.64. The van der Waals surface area contributed by atoms with Gasteiger partial charge >= 0.3 is 0 Å². The second-order valence-corrected chi connectivity index (χ2v) is 6.75. The van der Waals surface area contributed by atoms with Crippen LogP contribution in [-0.4, -0.2) is 38.1 Å². The number of methoxy groups -OCH3 is 1. The Morgan fingerprint density at radius 2 is 2.00 bits per heavy atom. The summed E-state index contributed by atoms with van der Waals surface area (Å²) >= 11 is 0. The van der Waals surface area contributed by atoms with E-state index in [2.05, 4.69) is 20.8 Å². The number of likely N-dealkylation sites (N-methyl/N-ethyl adjacent to an activating group) is 1. The van der Waals surface area contributed by atoms with Gasteiger partial charge in [-0.2, -0.15) is 0 Å². The molecule has 0 aliphatic heterocycles. The predicted octanol–water partition coefficient (Wildman–Crippen LogP) is 2.94. The van der Waals surface area contributed by atoms with Crippen LogP contribution in [0.2, 0.25) is 0 Å². The molecular formula is C15H29NO2. The molecule has 2 unspecified atom stereocenters. The normalized spacial score (nSPS) is 24.3. The van der Waals surface area contributed by atoms with Gasteiger partial charge in [0.25, 0.3) is 0 Å². The standard InChI is InChI=1S/C15H29NO2/c1-15(2,3)13-7-6-12(10-13)11-14(17)16(4)8-9-18-5/h12-13H,6-11H2,1-5H3. The zero-order chi connectivity index (χ0) is 13.8. The van der Waals surface area contributed by atoms with E-state index in [1.807, 2.05) is 7.05 Å². The van der Waals surface area contributed by atoms with Gasteiger partial charge in [0, 0.05) is 27.1 Å². The first kappa shape index (κ1) is 15.5. The summed E-state index contributed by atoms with van der Waals surface area (Å²) in [5.74, 6) is 1.64. The van der Waals surface area contributed by atoms with Crippen molar-refractivity contribution in [1.29, 1.82) is 0 Å². The van der Waals surface area contributed by atoms with Crippen molar-refractivity contribution in [2.45, 2.75) is 46.5 Å². The highest BCUT2D eigenvalue weighted by Crippen LogP contribution is 2.43. The SMILES string of the molecule is COCCN(C)C(=O)CC1CCC(C(C)(C)C)C1. The molecule has 18 heavy (non-hydrogen) atoms. The van der Waals surface area contributed by atoms with E-state index in [0.29, 0.717) is 30.9 Å². The van der Waals surface area contributed by atoms with E-state index in [-0.39, 0.29) is 5.91 Å². The molecule has 1 saturated carbocycles. The summed E-state index contributed by atoms with van der Waals surface area (Å²) in [6.45, 7) is 8.26. The van der Waals surface area contributed by atoms with E-state index in [1.54, 1.807) is 12.0 Å². The Hall–Kier alpha value is -0.570. The average molecular weight is 255 g/mol. The summed E-state index contributed by atoms with van der Waals surface area (Å²) in [6.07, 6.45) is 4.43. The first-order valence-electron chi connectivity index (χ1n) is 7.07. The Balaban J connectivity index is 2.34. The van der Waals surface area contributed by atoms with Gasteiger partial charge in [-0.05, 0) is 36.5 Å². The molecule has 1 rings (SSSR count). The van der Waals surface area contributed by atoms with E-state index < -0.39 is 0 Å². The fraction of sp³-hybridized carbons (Fsp3) is 0.933. The molecule has 2 atom stereocenters. The van der Waals surface area contributed by atoms with E-state index in [4.69, 9.17) is 4.74 Å². The van der Waals surface area contributed by atoms with Crippen molar-refractivity contribution in [2.75, 3.05) is 27.3 Å². The van der Waals surface area contributed by atoms with Crippen LogP contribution in [0.15, 0.2) is 0 Å². The summed E-state index contributed by atoms with van der Waals surface area (Å²) in [6, 6.07) is 0. The first-order valence-corrected chi connectivity index (χ1v) is 7.07. The Labute approximate surface area is 112 Å². The quantitative estimate of drug-likeness (QED) is 0.756. The van der Waals surface area contributed by atoms with Crippen molar-refractivity contribution in [1.82, 2.24) is 4.90 Å². The zero-order valence-electron chi connectivity index (χ0n) is 12.7. The molecule has 1 fully saturated rings. The molecule has 106 valence electrons. The lowest BCUT2D eigenvalue weighted by molar-refractivity contribution is -0.131. The summed E-state index contributed by atoms with van der Waals surface area (Å²) < 4.78 is 5.00. The van der Waals surface area contributed by atoms with Crippen molar-refractivity contribution in [3.05, 3.63) is 0 Å². The molecule has 1 amide bonds. The van der Waals surface area contributed by atoms with Crippen LogP contribution < -0.4 is 0 Å². The van der Waals surface area contributed by atoms with Crippen molar-refractivity contribution in [3.63, 3.8) is 0 Å². The molecule has 0 aromatic heterocycles. The zero-order valence-corrected chi connectivity index (χ0v) is 12.7. The summed E-state index contributed by atoms with van der Waals surface area (Å²) in [5.41, 5.74) is 0.389. The molecule has 3 heteroatoms. The summed E-state index contributed by atoms with van der Waals surface area (Å²) in [4.78, 5) is 13.8. The lowest BCUT2D eigenvalue weighted by Crippen LogP contribution is -2.31. The average Bonchev–Trinajstić information content (AvgIpc) is 2.73. The number of ether oxygens (including phenoxy) is 1. The Bertz CT molecular complexity index is 270. The number of hydrogen-bond donors (Lipinski definition) is 0. The second-order valence-electron chi connectivity index (χ2n) is 6.75. The van der Waals surface area contributed by atoms with Gasteiger partial charge in [-0.25, -0.2) is 0 Å². The molecule has 0 spiro atoms. The van der Waals surface area contributed by atoms with Gasteiger partial charge in [-0.1, -0.05) is 20.8 Å². The van der Waals surface area contributed by atoms with Crippen molar-refractivity contribution in [2.24, 2.45) is 17.3 Å². The van der Waals surface area contributed by atoms with Gasteiger partial charge in [0.05, 0.1) is 6.61 Å². The third kappa shape index (κ3) is 4.60. The van der Waals surface area contributed by atoms with Crippen LogP contribution in [0.3, 0.4) is 0 Å². The van der Waals surface area contributed by atoms with Gasteiger partial charge < -0.3 is 9.64 Å². The number of carbonyl (C=O) groups excluding carboxylic acids is 1. The molecule has 0 aromatic rings. The number of nitrogens with zero attached hydrogens (tertiary/aromatic N) is 1. The van der Waals surface area contributed by atoms with Crippen LogP contribution in [0, 0.1) is 17.3 Å². The fourth-order valence-electron chi connectivity index (χ4n) is 2.80. The van der Waals surface area contributed by atoms with Gasteiger partial charge in [0.2, 0.25) is 5.91 Å². The fourth-order valence-corrected chi connectivity index (χ4v) is 2.80. The maximum absolute atomic E-state index is 12.0. The predicted molar refractivity (Wildman–Crippen MR) is 74.4 cm³/mol. The summed E-state index contributed by atoms with van der Waals surface area (Å²) in [7, 11) is 3.54. The third-order valence-corrected chi connectivity index (χ3v) is 4.29. The van der Waals surface area contributed by atoms with Crippen molar-refractivity contribution < 1.29 is 9.53 Å². The molecule has 0 N–H and O–H groups in total. The molecule has 1 aliphatic rings.